The molecular weight excluding hydrogens is 222 g/mol. The van der Waals surface area contributed by atoms with Crippen LogP contribution in [0.4, 0.5) is 0 Å². The number of rotatable bonds is 3. The Labute approximate surface area is 109 Å². The number of hydrogen-bond donors (Lipinski definition) is 1. The zero-order valence-corrected chi connectivity index (χ0v) is 12.0. The molecule has 1 aromatic heterocycles. The number of para-hydroxylation sites is 1. The molecule has 1 N–H and O–H groups in total. The second-order valence-electron chi connectivity index (χ2n) is 6.12. The van der Waals surface area contributed by atoms with Crippen molar-refractivity contribution in [3.05, 3.63) is 35.5 Å². The van der Waals surface area contributed by atoms with Gasteiger partial charge in [0.2, 0.25) is 0 Å². The van der Waals surface area contributed by atoms with E-state index in [1.807, 2.05) is 13.8 Å². The van der Waals surface area contributed by atoms with Crippen molar-refractivity contribution in [1.82, 2.24) is 4.57 Å². The molecule has 2 rings (SSSR count). The van der Waals surface area contributed by atoms with E-state index in [2.05, 4.69) is 49.7 Å². The first-order valence-corrected chi connectivity index (χ1v) is 6.61. The number of nitrogens with zero attached hydrogens (tertiary/aromatic N) is 1. The molecule has 0 radical (unpaired) electrons. The first-order valence-electron chi connectivity index (χ1n) is 6.61. The first-order chi connectivity index (χ1) is 8.29. The maximum atomic E-state index is 10.0. The number of aliphatic hydroxyl groups is 1. The van der Waals surface area contributed by atoms with Crippen molar-refractivity contribution in [2.45, 2.75) is 52.7 Å². The van der Waals surface area contributed by atoms with Gasteiger partial charge in [0, 0.05) is 24.0 Å². The Balaban J connectivity index is 2.65. The van der Waals surface area contributed by atoms with Crippen LogP contribution in [0.1, 0.15) is 44.9 Å². The third kappa shape index (κ3) is 2.44. The lowest BCUT2D eigenvalue weighted by Gasteiger charge is -2.16. The first kappa shape index (κ1) is 13.2. The molecule has 0 aliphatic heterocycles. The average molecular weight is 245 g/mol. The minimum Gasteiger partial charge on any atom is -0.390 e. The highest BCUT2D eigenvalue weighted by Gasteiger charge is 2.19. The second-order valence-corrected chi connectivity index (χ2v) is 6.12. The van der Waals surface area contributed by atoms with Crippen LogP contribution in [0, 0.1) is 6.92 Å². The molecule has 98 valence electrons. The van der Waals surface area contributed by atoms with E-state index in [9.17, 15) is 5.11 Å². The summed E-state index contributed by atoms with van der Waals surface area (Å²) >= 11 is 0. The number of benzene rings is 1. The summed E-state index contributed by atoms with van der Waals surface area (Å²) in [6.07, 6.45) is 2.88. The number of fused-ring (bicyclic) bond motifs is 1. The van der Waals surface area contributed by atoms with Gasteiger partial charge in [0.1, 0.15) is 0 Å². The average Bonchev–Trinajstić information content (AvgIpc) is 2.56. The SMILES string of the molecule is Cc1cccc2c(CC(C)(C)O)cn(C(C)C)c12. The summed E-state index contributed by atoms with van der Waals surface area (Å²) < 4.78 is 2.31. The van der Waals surface area contributed by atoms with Crippen molar-refractivity contribution < 1.29 is 5.11 Å². The van der Waals surface area contributed by atoms with Gasteiger partial charge in [-0.2, -0.15) is 0 Å². The molecule has 18 heavy (non-hydrogen) atoms. The summed E-state index contributed by atoms with van der Waals surface area (Å²) in [4.78, 5) is 0. The fraction of sp³-hybridized carbons (Fsp3) is 0.500. The quantitative estimate of drug-likeness (QED) is 0.873. The molecular formula is C16H23NO. The van der Waals surface area contributed by atoms with Crippen molar-refractivity contribution in [1.29, 1.82) is 0 Å². The van der Waals surface area contributed by atoms with E-state index in [0.717, 1.165) is 0 Å². The summed E-state index contributed by atoms with van der Waals surface area (Å²) in [7, 11) is 0. The lowest BCUT2D eigenvalue weighted by Crippen LogP contribution is -2.21. The molecule has 0 fully saturated rings. The summed E-state index contributed by atoms with van der Waals surface area (Å²) in [6, 6.07) is 6.83. The van der Waals surface area contributed by atoms with Crippen LogP contribution in [0.2, 0.25) is 0 Å². The summed E-state index contributed by atoms with van der Waals surface area (Å²) in [5, 5.41) is 11.3. The van der Waals surface area contributed by atoms with Crippen molar-refractivity contribution in [3.63, 3.8) is 0 Å². The van der Waals surface area contributed by atoms with Gasteiger partial charge in [0.15, 0.2) is 0 Å². The van der Waals surface area contributed by atoms with Crippen LogP contribution in [0.15, 0.2) is 24.4 Å². The molecule has 2 nitrogen and oxygen atoms in total. The van der Waals surface area contributed by atoms with Gasteiger partial charge in [0.05, 0.1) is 11.1 Å². The second kappa shape index (κ2) is 4.43. The van der Waals surface area contributed by atoms with Crippen LogP contribution in [-0.2, 0) is 6.42 Å². The largest absolute Gasteiger partial charge is 0.390 e. The molecule has 2 heteroatoms. The van der Waals surface area contributed by atoms with Gasteiger partial charge in [-0.05, 0) is 45.7 Å². The fourth-order valence-electron chi connectivity index (χ4n) is 2.58. The molecule has 0 atom stereocenters. The molecule has 0 spiro atoms. The Hall–Kier alpha value is -1.28. The molecule has 0 aliphatic rings. The van der Waals surface area contributed by atoms with E-state index in [1.165, 1.54) is 22.0 Å². The maximum Gasteiger partial charge on any atom is 0.0632 e. The molecule has 0 unspecified atom stereocenters. The van der Waals surface area contributed by atoms with E-state index < -0.39 is 5.60 Å². The molecule has 1 aromatic carbocycles. The van der Waals surface area contributed by atoms with Gasteiger partial charge in [-0.1, -0.05) is 18.2 Å². The number of aryl methyl sites for hydroxylation is 1. The van der Waals surface area contributed by atoms with Gasteiger partial charge < -0.3 is 9.67 Å². The van der Waals surface area contributed by atoms with E-state index in [4.69, 9.17) is 0 Å². The van der Waals surface area contributed by atoms with Crippen LogP contribution < -0.4 is 0 Å². The smallest absolute Gasteiger partial charge is 0.0632 e. The Bertz CT molecular complexity index is 558. The van der Waals surface area contributed by atoms with Crippen LogP contribution >= 0.6 is 0 Å². The standard InChI is InChI=1S/C16H23NO/c1-11(2)17-10-13(9-16(4,5)18)14-8-6-7-12(3)15(14)17/h6-8,10-11,18H,9H2,1-5H3. The summed E-state index contributed by atoms with van der Waals surface area (Å²) in [5.74, 6) is 0. The topological polar surface area (TPSA) is 25.2 Å². The molecule has 0 saturated carbocycles. The van der Waals surface area contributed by atoms with E-state index in [-0.39, 0.29) is 0 Å². The predicted molar refractivity (Wildman–Crippen MR) is 77.1 cm³/mol. The number of aromatic nitrogens is 1. The Kier molecular flexibility index (Phi) is 3.24. The zero-order chi connectivity index (χ0) is 13.5. The molecule has 0 saturated heterocycles. The van der Waals surface area contributed by atoms with Gasteiger partial charge in [-0.15, -0.1) is 0 Å². The van der Waals surface area contributed by atoms with Crippen molar-refractivity contribution in [2.75, 3.05) is 0 Å². The molecule has 0 amide bonds. The Morgan fingerprint density at radius 3 is 2.50 bits per heavy atom. The minimum absolute atomic E-state index is 0.434. The highest BCUT2D eigenvalue weighted by atomic mass is 16.3. The maximum absolute atomic E-state index is 10.0. The van der Waals surface area contributed by atoms with E-state index in [1.54, 1.807) is 0 Å². The normalized spacial score (nSPS) is 12.6. The predicted octanol–water partition coefficient (Wildman–Crippen LogP) is 3.84. The fourth-order valence-corrected chi connectivity index (χ4v) is 2.58. The van der Waals surface area contributed by atoms with Gasteiger partial charge in [-0.25, -0.2) is 0 Å². The van der Waals surface area contributed by atoms with Crippen molar-refractivity contribution in [3.8, 4) is 0 Å². The van der Waals surface area contributed by atoms with Crippen molar-refractivity contribution >= 4 is 10.9 Å². The summed E-state index contributed by atoms with van der Waals surface area (Å²) in [5.41, 5.74) is 3.16. The molecule has 1 heterocycles. The van der Waals surface area contributed by atoms with Crippen LogP contribution in [0.3, 0.4) is 0 Å². The monoisotopic (exact) mass is 245 g/mol. The molecule has 0 bridgehead atoms. The van der Waals surface area contributed by atoms with E-state index in [0.29, 0.717) is 12.5 Å². The van der Waals surface area contributed by atoms with Gasteiger partial charge in [-0.3, -0.25) is 0 Å². The molecule has 2 aromatic rings. The van der Waals surface area contributed by atoms with Crippen LogP contribution in [0.5, 0.6) is 0 Å². The highest BCUT2D eigenvalue weighted by Crippen LogP contribution is 2.29. The van der Waals surface area contributed by atoms with Crippen LogP contribution in [-0.4, -0.2) is 15.3 Å². The Morgan fingerprint density at radius 1 is 1.28 bits per heavy atom. The minimum atomic E-state index is -0.667. The van der Waals surface area contributed by atoms with E-state index >= 15 is 0 Å². The Morgan fingerprint density at radius 2 is 1.94 bits per heavy atom. The summed E-state index contributed by atoms with van der Waals surface area (Å²) in [6.45, 7) is 10.3. The zero-order valence-electron chi connectivity index (χ0n) is 12.0. The lowest BCUT2D eigenvalue weighted by molar-refractivity contribution is 0.0813. The van der Waals surface area contributed by atoms with Gasteiger partial charge >= 0.3 is 0 Å². The third-order valence-corrected chi connectivity index (χ3v) is 3.32. The lowest BCUT2D eigenvalue weighted by atomic mass is 9.98. The molecule has 0 aliphatic carbocycles. The van der Waals surface area contributed by atoms with Crippen LogP contribution in [0.25, 0.3) is 10.9 Å². The highest BCUT2D eigenvalue weighted by molar-refractivity contribution is 5.87. The third-order valence-electron chi connectivity index (χ3n) is 3.32. The van der Waals surface area contributed by atoms with Gasteiger partial charge in [0.25, 0.3) is 0 Å². The number of hydrogen-bond acceptors (Lipinski definition) is 1. The van der Waals surface area contributed by atoms with Crippen molar-refractivity contribution in [2.24, 2.45) is 0 Å².